The molecule has 0 bridgehead atoms. The molecule has 0 aliphatic carbocycles. The number of hydrogen-bond acceptors (Lipinski definition) is 3. The third-order valence-corrected chi connectivity index (χ3v) is 3.69. The molecule has 0 aliphatic heterocycles. The zero-order valence-electron chi connectivity index (χ0n) is 14.2. The Morgan fingerprint density at radius 3 is 2.60 bits per heavy atom. The summed E-state index contributed by atoms with van der Waals surface area (Å²) < 4.78 is 34.0. The summed E-state index contributed by atoms with van der Waals surface area (Å²) >= 11 is 0. The van der Waals surface area contributed by atoms with Gasteiger partial charge in [0.1, 0.15) is 0 Å². The van der Waals surface area contributed by atoms with Crippen LogP contribution in [0.4, 0.5) is 14.5 Å². The molecule has 2 aromatic rings. The SMILES string of the molecule is COc1cc(/C=C/C(=O)Nc2cccc(C)c2C)ccc1OC(F)F. The molecule has 2 rings (SSSR count). The van der Waals surface area contributed by atoms with Crippen LogP contribution >= 0.6 is 0 Å². The zero-order chi connectivity index (χ0) is 18.4. The van der Waals surface area contributed by atoms with Crippen LogP contribution < -0.4 is 14.8 Å². The van der Waals surface area contributed by atoms with Crippen LogP contribution in [-0.4, -0.2) is 19.6 Å². The van der Waals surface area contributed by atoms with Crippen LogP contribution in [0.1, 0.15) is 16.7 Å². The quantitative estimate of drug-likeness (QED) is 0.779. The highest BCUT2D eigenvalue weighted by atomic mass is 19.3. The summed E-state index contributed by atoms with van der Waals surface area (Å²) in [7, 11) is 1.36. The minimum Gasteiger partial charge on any atom is -0.493 e. The summed E-state index contributed by atoms with van der Waals surface area (Å²) in [6, 6.07) is 10.1. The van der Waals surface area contributed by atoms with Crippen LogP contribution in [0.15, 0.2) is 42.5 Å². The number of hydrogen-bond donors (Lipinski definition) is 1. The molecule has 0 fully saturated rings. The number of halogens is 2. The summed E-state index contributed by atoms with van der Waals surface area (Å²) in [6.45, 7) is 0.968. The van der Waals surface area contributed by atoms with E-state index in [1.165, 1.54) is 25.3 Å². The molecule has 25 heavy (non-hydrogen) atoms. The standard InChI is InChI=1S/C19H19F2NO3/c1-12-5-4-6-15(13(12)2)22-18(23)10-8-14-7-9-16(25-19(20)21)17(11-14)24-3/h4-11,19H,1-3H3,(H,22,23)/b10-8+. The van der Waals surface area contributed by atoms with Gasteiger partial charge in [0, 0.05) is 11.8 Å². The highest BCUT2D eigenvalue weighted by Gasteiger charge is 2.10. The lowest BCUT2D eigenvalue weighted by Gasteiger charge is -2.10. The Morgan fingerprint density at radius 2 is 1.92 bits per heavy atom. The van der Waals surface area contributed by atoms with Gasteiger partial charge in [0.05, 0.1) is 7.11 Å². The minimum atomic E-state index is -2.93. The fraction of sp³-hybridized carbons (Fsp3) is 0.211. The lowest BCUT2D eigenvalue weighted by Crippen LogP contribution is -2.09. The van der Waals surface area contributed by atoms with Crippen molar-refractivity contribution in [1.29, 1.82) is 0 Å². The molecule has 0 heterocycles. The van der Waals surface area contributed by atoms with E-state index in [4.69, 9.17) is 4.74 Å². The van der Waals surface area contributed by atoms with E-state index in [2.05, 4.69) is 10.1 Å². The molecule has 0 radical (unpaired) electrons. The predicted octanol–water partition coefficient (Wildman–Crippen LogP) is 4.57. The summed E-state index contributed by atoms with van der Waals surface area (Å²) in [5.74, 6) is -0.188. The Labute approximate surface area is 145 Å². The van der Waals surface area contributed by atoms with E-state index in [1.807, 2.05) is 32.0 Å². The first-order valence-corrected chi connectivity index (χ1v) is 7.59. The number of benzene rings is 2. The van der Waals surface area contributed by atoms with Gasteiger partial charge in [-0.05, 0) is 54.8 Å². The highest BCUT2D eigenvalue weighted by Crippen LogP contribution is 2.29. The normalized spacial score (nSPS) is 11.0. The number of alkyl halides is 2. The van der Waals surface area contributed by atoms with Gasteiger partial charge in [-0.2, -0.15) is 8.78 Å². The maximum Gasteiger partial charge on any atom is 0.387 e. The van der Waals surface area contributed by atoms with E-state index in [9.17, 15) is 13.6 Å². The van der Waals surface area contributed by atoms with Crippen LogP contribution in [0.25, 0.3) is 6.08 Å². The molecule has 1 amide bonds. The number of carbonyl (C=O) groups is 1. The lowest BCUT2D eigenvalue weighted by molar-refractivity contribution is -0.111. The Balaban J connectivity index is 2.10. The van der Waals surface area contributed by atoms with Crippen molar-refractivity contribution >= 4 is 17.7 Å². The van der Waals surface area contributed by atoms with Crippen LogP contribution in [0.2, 0.25) is 0 Å². The summed E-state index contributed by atoms with van der Waals surface area (Å²) in [5.41, 5.74) is 3.45. The van der Waals surface area contributed by atoms with E-state index < -0.39 is 6.61 Å². The molecule has 0 unspecified atom stereocenters. The van der Waals surface area contributed by atoms with Gasteiger partial charge in [0.2, 0.25) is 5.91 Å². The van der Waals surface area contributed by atoms with E-state index in [1.54, 1.807) is 12.1 Å². The van der Waals surface area contributed by atoms with Crippen molar-refractivity contribution in [2.75, 3.05) is 12.4 Å². The topological polar surface area (TPSA) is 47.6 Å². The Morgan fingerprint density at radius 1 is 1.16 bits per heavy atom. The van der Waals surface area contributed by atoms with Crippen molar-refractivity contribution < 1.29 is 23.0 Å². The van der Waals surface area contributed by atoms with Gasteiger partial charge in [0.25, 0.3) is 0 Å². The van der Waals surface area contributed by atoms with Crippen LogP contribution in [0, 0.1) is 13.8 Å². The molecule has 1 N–H and O–H groups in total. The van der Waals surface area contributed by atoms with E-state index in [0.717, 1.165) is 16.8 Å². The first kappa shape index (κ1) is 18.4. The smallest absolute Gasteiger partial charge is 0.387 e. The van der Waals surface area contributed by atoms with Gasteiger partial charge in [-0.3, -0.25) is 4.79 Å². The molecule has 0 aliphatic rings. The van der Waals surface area contributed by atoms with Gasteiger partial charge in [-0.1, -0.05) is 18.2 Å². The Bertz CT molecular complexity index is 788. The van der Waals surface area contributed by atoms with Gasteiger partial charge in [0.15, 0.2) is 11.5 Å². The minimum absolute atomic E-state index is 0.0607. The summed E-state index contributed by atoms with van der Waals surface area (Å²) in [5, 5.41) is 2.81. The molecule has 2 aromatic carbocycles. The molecular formula is C19H19F2NO3. The first-order chi connectivity index (χ1) is 11.9. The monoisotopic (exact) mass is 347 g/mol. The molecular weight excluding hydrogens is 328 g/mol. The third-order valence-electron chi connectivity index (χ3n) is 3.69. The number of methoxy groups -OCH3 is 1. The second-order valence-corrected chi connectivity index (χ2v) is 5.36. The number of nitrogens with one attached hydrogen (secondary N) is 1. The number of ether oxygens (including phenoxy) is 2. The number of carbonyl (C=O) groups excluding carboxylic acids is 1. The van der Waals surface area contributed by atoms with Crippen LogP contribution in [0.5, 0.6) is 11.5 Å². The predicted molar refractivity (Wildman–Crippen MR) is 93.2 cm³/mol. The summed E-state index contributed by atoms with van der Waals surface area (Å²) in [4.78, 5) is 12.1. The van der Waals surface area contributed by atoms with Crippen molar-refractivity contribution in [3.05, 3.63) is 59.2 Å². The maximum absolute atomic E-state index is 12.3. The number of rotatable bonds is 6. The molecule has 4 nitrogen and oxygen atoms in total. The second-order valence-electron chi connectivity index (χ2n) is 5.36. The maximum atomic E-state index is 12.3. The number of anilines is 1. The Kier molecular flexibility index (Phi) is 6.11. The van der Waals surface area contributed by atoms with Gasteiger partial charge < -0.3 is 14.8 Å². The van der Waals surface area contributed by atoms with Crippen molar-refractivity contribution in [2.45, 2.75) is 20.5 Å². The van der Waals surface area contributed by atoms with Crippen molar-refractivity contribution in [3.63, 3.8) is 0 Å². The van der Waals surface area contributed by atoms with Crippen LogP contribution in [0.3, 0.4) is 0 Å². The average molecular weight is 347 g/mol. The van der Waals surface area contributed by atoms with Crippen molar-refractivity contribution in [3.8, 4) is 11.5 Å². The zero-order valence-corrected chi connectivity index (χ0v) is 14.2. The number of amides is 1. The average Bonchev–Trinajstić information content (AvgIpc) is 2.57. The van der Waals surface area contributed by atoms with Gasteiger partial charge in [-0.25, -0.2) is 0 Å². The van der Waals surface area contributed by atoms with Crippen molar-refractivity contribution in [2.24, 2.45) is 0 Å². The van der Waals surface area contributed by atoms with E-state index in [-0.39, 0.29) is 17.4 Å². The van der Waals surface area contributed by atoms with Crippen LogP contribution in [-0.2, 0) is 4.79 Å². The molecule has 0 saturated heterocycles. The fourth-order valence-corrected chi connectivity index (χ4v) is 2.21. The molecule has 0 aromatic heterocycles. The molecule has 132 valence electrons. The van der Waals surface area contributed by atoms with Gasteiger partial charge in [-0.15, -0.1) is 0 Å². The largest absolute Gasteiger partial charge is 0.493 e. The van der Waals surface area contributed by atoms with E-state index >= 15 is 0 Å². The molecule has 0 spiro atoms. The van der Waals surface area contributed by atoms with Crippen molar-refractivity contribution in [1.82, 2.24) is 0 Å². The summed E-state index contributed by atoms with van der Waals surface area (Å²) in [6.07, 6.45) is 2.93. The van der Waals surface area contributed by atoms with Gasteiger partial charge >= 0.3 is 6.61 Å². The number of aryl methyl sites for hydroxylation is 1. The Hall–Kier alpha value is -2.89. The molecule has 0 saturated carbocycles. The fourth-order valence-electron chi connectivity index (χ4n) is 2.21. The third kappa shape index (κ3) is 5.04. The highest BCUT2D eigenvalue weighted by molar-refractivity contribution is 6.02. The molecule has 0 atom stereocenters. The second kappa shape index (κ2) is 8.28. The lowest BCUT2D eigenvalue weighted by atomic mass is 10.1. The first-order valence-electron chi connectivity index (χ1n) is 7.59. The molecule has 6 heteroatoms. The van der Waals surface area contributed by atoms with E-state index in [0.29, 0.717) is 5.56 Å².